The minimum Gasteiger partial charge on any atom is -0.354 e. The van der Waals surface area contributed by atoms with Crippen LogP contribution in [0.4, 0.5) is 24.8 Å². The van der Waals surface area contributed by atoms with E-state index in [4.69, 9.17) is 0 Å². The van der Waals surface area contributed by atoms with Gasteiger partial charge in [-0.05, 0) is 32.4 Å². The van der Waals surface area contributed by atoms with Crippen molar-refractivity contribution < 1.29 is 13.2 Å². The number of pyridine rings is 1. The molecule has 2 aromatic rings. The summed E-state index contributed by atoms with van der Waals surface area (Å²) in [7, 11) is 0. The van der Waals surface area contributed by atoms with E-state index in [-0.39, 0.29) is 6.04 Å². The molecule has 2 fully saturated rings. The number of halogens is 3. The Morgan fingerprint density at radius 3 is 2.69 bits per heavy atom. The molecular formula is C18H20F3N5. The fourth-order valence-corrected chi connectivity index (χ4v) is 3.99. The van der Waals surface area contributed by atoms with E-state index in [9.17, 15) is 13.2 Å². The fourth-order valence-electron chi connectivity index (χ4n) is 3.99. The van der Waals surface area contributed by atoms with E-state index < -0.39 is 11.7 Å². The monoisotopic (exact) mass is 363 g/mol. The van der Waals surface area contributed by atoms with Crippen LogP contribution in [0.15, 0.2) is 24.7 Å². The number of alkyl halides is 3. The molecule has 0 aromatic carbocycles. The molecule has 2 aliphatic heterocycles. The normalized spacial score (nSPS) is 22.8. The molecule has 0 spiro atoms. The van der Waals surface area contributed by atoms with Crippen molar-refractivity contribution in [2.24, 2.45) is 5.92 Å². The molecule has 138 valence electrons. The Hall–Kier alpha value is -2.38. The van der Waals surface area contributed by atoms with Gasteiger partial charge < -0.3 is 9.80 Å². The number of nitrogens with zero attached hydrogens (tertiary/aromatic N) is 5. The molecule has 4 rings (SSSR count). The fraction of sp³-hybridized carbons (Fsp3) is 0.500. The van der Waals surface area contributed by atoms with Gasteiger partial charge in [0, 0.05) is 43.0 Å². The highest BCUT2D eigenvalue weighted by molar-refractivity contribution is 5.52. The van der Waals surface area contributed by atoms with E-state index in [1.165, 1.54) is 6.20 Å². The predicted octanol–water partition coefficient (Wildman–Crippen LogP) is 3.22. The molecule has 26 heavy (non-hydrogen) atoms. The number of aromatic nitrogens is 3. The van der Waals surface area contributed by atoms with Crippen LogP contribution in [-0.4, -0.2) is 40.6 Å². The third kappa shape index (κ3) is 2.87. The molecule has 0 N–H and O–H groups in total. The molecule has 2 unspecified atom stereocenters. The van der Waals surface area contributed by atoms with E-state index in [1.807, 2.05) is 18.7 Å². The maximum Gasteiger partial charge on any atom is 0.416 e. The summed E-state index contributed by atoms with van der Waals surface area (Å²) in [6, 6.07) is 2.39. The number of rotatable bonds is 2. The molecule has 0 amide bonds. The minimum absolute atomic E-state index is 0.236. The van der Waals surface area contributed by atoms with Crippen LogP contribution in [-0.2, 0) is 6.18 Å². The van der Waals surface area contributed by atoms with Crippen LogP contribution in [0.1, 0.15) is 23.2 Å². The van der Waals surface area contributed by atoms with E-state index in [1.54, 1.807) is 6.33 Å². The standard InChI is InChI=1S/C18H20F3N5/c1-11-12(2)23-10-24-17(11)26-6-4-13-8-25(9-15(13)26)16-7-14(3-5-22-16)18(19,20)21/h3,5,7,10,13,15H,4,6,8-9H2,1-2H3. The molecule has 2 aliphatic rings. The summed E-state index contributed by atoms with van der Waals surface area (Å²) >= 11 is 0. The van der Waals surface area contributed by atoms with Gasteiger partial charge in [0.1, 0.15) is 18.0 Å². The van der Waals surface area contributed by atoms with E-state index >= 15 is 0 Å². The molecule has 0 saturated carbocycles. The van der Waals surface area contributed by atoms with Crippen LogP contribution in [0.25, 0.3) is 0 Å². The van der Waals surface area contributed by atoms with Crippen LogP contribution in [0.5, 0.6) is 0 Å². The molecule has 4 heterocycles. The quantitative estimate of drug-likeness (QED) is 0.820. The van der Waals surface area contributed by atoms with Crippen molar-refractivity contribution in [2.45, 2.75) is 32.5 Å². The summed E-state index contributed by atoms with van der Waals surface area (Å²) in [6.45, 7) is 6.26. The van der Waals surface area contributed by atoms with Crippen molar-refractivity contribution in [3.63, 3.8) is 0 Å². The summed E-state index contributed by atoms with van der Waals surface area (Å²) in [6.07, 6.45) is -0.536. The highest BCUT2D eigenvalue weighted by Gasteiger charge is 2.43. The van der Waals surface area contributed by atoms with Crippen molar-refractivity contribution in [3.05, 3.63) is 41.5 Å². The summed E-state index contributed by atoms with van der Waals surface area (Å²) in [5.41, 5.74) is 1.36. The second kappa shape index (κ2) is 6.10. The van der Waals surface area contributed by atoms with Gasteiger partial charge in [0.05, 0.1) is 11.6 Å². The molecule has 8 heteroatoms. The second-order valence-electron chi connectivity index (χ2n) is 7.02. The number of aryl methyl sites for hydroxylation is 1. The van der Waals surface area contributed by atoms with Gasteiger partial charge in [-0.15, -0.1) is 0 Å². The van der Waals surface area contributed by atoms with E-state index in [0.717, 1.165) is 48.7 Å². The Morgan fingerprint density at radius 2 is 1.92 bits per heavy atom. The van der Waals surface area contributed by atoms with E-state index in [2.05, 4.69) is 19.9 Å². The predicted molar refractivity (Wildman–Crippen MR) is 92.2 cm³/mol. The van der Waals surface area contributed by atoms with Gasteiger partial charge >= 0.3 is 6.18 Å². The summed E-state index contributed by atoms with van der Waals surface area (Å²) in [5.74, 6) is 1.73. The molecule has 2 atom stereocenters. The summed E-state index contributed by atoms with van der Waals surface area (Å²) in [5, 5.41) is 0. The Bertz CT molecular complexity index is 823. The first-order valence-corrected chi connectivity index (χ1v) is 8.67. The number of fused-ring (bicyclic) bond motifs is 1. The second-order valence-corrected chi connectivity index (χ2v) is 7.02. The van der Waals surface area contributed by atoms with Crippen molar-refractivity contribution >= 4 is 11.6 Å². The first kappa shape index (κ1) is 17.1. The lowest BCUT2D eigenvalue weighted by Crippen LogP contribution is -2.36. The van der Waals surface area contributed by atoms with E-state index in [0.29, 0.717) is 18.3 Å². The molecular weight excluding hydrogens is 343 g/mol. The Kier molecular flexibility index (Phi) is 4.00. The van der Waals surface area contributed by atoms with Crippen LogP contribution >= 0.6 is 0 Å². The highest BCUT2D eigenvalue weighted by atomic mass is 19.4. The Morgan fingerprint density at radius 1 is 1.12 bits per heavy atom. The SMILES string of the molecule is Cc1ncnc(N2CCC3CN(c4cc(C(F)(F)F)ccn4)CC32)c1C. The first-order valence-electron chi connectivity index (χ1n) is 8.67. The highest BCUT2D eigenvalue weighted by Crippen LogP contribution is 2.38. The average Bonchev–Trinajstić information content (AvgIpc) is 3.18. The lowest BCUT2D eigenvalue weighted by Gasteiger charge is -2.27. The van der Waals surface area contributed by atoms with Gasteiger partial charge in [0.25, 0.3) is 0 Å². The molecule has 0 radical (unpaired) electrons. The first-order chi connectivity index (χ1) is 12.3. The zero-order valence-corrected chi connectivity index (χ0v) is 14.7. The van der Waals surface area contributed by atoms with Gasteiger partial charge in [0.2, 0.25) is 0 Å². The molecule has 0 bridgehead atoms. The molecule has 2 saturated heterocycles. The van der Waals surface area contributed by atoms with Gasteiger partial charge in [-0.2, -0.15) is 13.2 Å². The minimum atomic E-state index is -4.35. The largest absolute Gasteiger partial charge is 0.416 e. The van der Waals surface area contributed by atoms with Crippen LogP contribution in [0.2, 0.25) is 0 Å². The van der Waals surface area contributed by atoms with Crippen molar-refractivity contribution in [1.29, 1.82) is 0 Å². The molecule has 0 aliphatic carbocycles. The summed E-state index contributed by atoms with van der Waals surface area (Å²) < 4.78 is 38.9. The third-order valence-electron chi connectivity index (χ3n) is 5.53. The topological polar surface area (TPSA) is 45.2 Å². The number of hydrogen-bond donors (Lipinski definition) is 0. The number of anilines is 2. The van der Waals surface area contributed by atoms with Crippen LogP contribution in [0, 0.1) is 19.8 Å². The van der Waals surface area contributed by atoms with Crippen molar-refractivity contribution in [2.75, 3.05) is 29.4 Å². The van der Waals surface area contributed by atoms with Gasteiger partial charge in [0.15, 0.2) is 0 Å². The molecule has 5 nitrogen and oxygen atoms in total. The lowest BCUT2D eigenvalue weighted by atomic mass is 10.1. The zero-order valence-electron chi connectivity index (χ0n) is 14.7. The Labute approximate surface area is 149 Å². The maximum absolute atomic E-state index is 13.0. The average molecular weight is 363 g/mol. The smallest absolute Gasteiger partial charge is 0.354 e. The van der Waals surface area contributed by atoms with Gasteiger partial charge in [-0.3, -0.25) is 0 Å². The van der Waals surface area contributed by atoms with Gasteiger partial charge in [-0.25, -0.2) is 15.0 Å². The van der Waals surface area contributed by atoms with Crippen LogP contribution in [0.3, 0.4) is 0 Å². The third-order valence-corrected chi connectivity index (χ3v) is 5.53. The number of hydrogen-bond acceptors (Lipinski definition) is 5. The van der Waals surface area contributed by atoms with Gasteiger partial charge in [-0.1, -0.05) is 0 Å². The maximum atomic E-state index is 13.0. The zero-order chi connectivity index (χ0) is 18.5. The van der Waals surface area contributed by atoms with Crippen molar-refractivity contribution in [1.82, 2.24) is 15.0 Å². The van der Waals surface area contributed by atoms with Crippen molar-refractivity contribution in [3.8, 4) is 0 Å². The Balaban J connectivity index is 1.58. The van der Waals surface area contributed by atoms with Crippen LogP contribution < -0.4 is 9.80 Å². The lowest BCUT2D eigenvalue weighted by molar-refractivity contribution is -0.137. The molecule has 2 aromatic heterocycles. The summed E-state index contributed by atoms with van der Waals surface area (Å²) in [4.78, 5) is 17.1.